The second-order valence-corrected chi connectivity index (χ2v) is 5.62. The van der Waals surface area contributed by atoms with Crippen LogP contribution < -0.4 is 4.74 Å². The van der Waals surface area contributed by atoms with Crippen LogP contribution in [0.4, 0.5) is 0 Å². The van der Waals surface area contributed by atoms with Crippen molar-refractivity contribution >= 4 is 21.9 Å². The van der Waals surface area contributed by atoms with Crippen LogP contribution in [0.25, 0.3) is 0 Å². The van der Waals surface area contributed by atoms with Gasteiger partial charge < -0.3 is 14.9 Å². The van der Waals surface area contributed by atoms with Gasteiger partial charge in [-0.1, -0.05) is 15.9 Å². The second-order valence-electron chi connectivity index (χ2n) is 4.76. The predicted molar refractivity (Wildman–Crippen MR) is 70.3 cm³/mol. The Morgan fingerprint density at radius 2 is 2.17 bits per heavy atom. The van der Waals surface area contributed by atoms with Crippen LogP contribution in [0.15, 0.2) is 10.5 Å². The molecule has 1 fully saturated rings. The standard InChI is InChI=1S/C13H15BrO4/c1-7-9(14)5-8(11(17)12(7)18-2)13(3-4-13)6-10(15)16/h5,17H,3-4,6H2,1-2H3,(H,15,16). The Kier molecular flexibility index (Phi) is 3.27. The number of hydrogen-bond acceptors (Lipinski definition) is 3. The summed E-state index contributed by atoms with van der Waals surface area (Å²) in [4.78, 5) is 10.9. The van der Waals surface area contributed by atoms with Gasteiger partial charge in [0.05, 0.1) is 13.5 Å². The summed E-state index contributed by atoms with van der Waals surface area (Å²) in [7, 11) is 1.50. The number of carbonyl (C=O) groups is 1. The third-order valence-corrected chi connectivity index (χ3v) is 4.38. The summed E-state index contributed by atoms with van der Waals surface area (Å²) in [6, 6.07) is 1.81. The quantitative estimate of drug-likeness (QED) is 0.896. The van der Waals surface area contributed by atoms with E-state index in [4.69, 9.17) is 9.84 Å². The van der Waals surface area contributed by atoms with E-state index in [1.165, 1.54) is 7.11 Å². The second kappa shape index (κ2) is 4.46. The Morgan fingerprint density at radius 3 is 2.61 bits per heavy atom. The number of phenols is 1. The number of hydrogen-bond donors (Lipinski definition) is 2. The van der Waals surface area contributed by atoms with Crippen molar-refractivity contribution in [2.45, 2.75) is 31.6 Å². The van der Waals surface area contributed by atoms with Gasteiger partial charge in [0.1, 0.15) is 0 Å². The molecule has 4 nitrogen and oxygen atoms in total. The van der Waals surface area contributed by atoms with Crippen molar-refractivity contribution in [2.24, 2.45) is 0 Å². The van der Waals surface area contributed by atoms with Gasteiger partial charge in [-0.3, -0.25) is 4.79 Å². The molecule has 0 atom stereocenters. The molecule has 0 saturated heterocycles. The number of carboxylic acids is 1. The highest BCUT2D eigenvalue weighted by Crippen LogP contribution is 2.56. The molecule has 0 bridgehead atoms. The third-order valence-electron chi connectivity index (χ3n) is 3.56. The van der Waals surface area contributed by atoms with E-state index >= 15 is 0 Å². The maximum Gasteiger partial charge on any atom is 0.304 e. The number of carboxylic acid groups (broad SMARTS) is 1. The molecular weight excluding hydrogens is 300 g/mol. The lowest BCUT2D eigenvalue weighted by molar-refractivity contribution is -0.137. The molecule has 1 aliphatic rings. The fraction of sp³-hybridized carbons (Fsp3) is 0.462. The number of aliphatic carboxylic acids is 1. The molecule has 1 aliphatic carbocycles. The molecule has 5 heteroatoms. The zero-order chi connectivity index (χ0) is 13.5. The summed E-state index contributed by atoms with van der Waals surface area (Å²) in [5.41, 5.74) is 1.04. The zero-order valence-electron chi connectivity index (χ0n) is 10.3. The molecule has 0 spiro atoms. The van der Waals surface area contributed by atoms with E-state index in [0.29, 0.717) is 11.3 Å². The highest BCUT2D eigenvalue weighted by molar-refractivity contribution is 9.10. The number of phenolic OH excluding ortho intramolecular Hbond substituents is 1. The smallest absolute Gasteiger partial charge is 0.304 e. The van der Waals surface area contributed by atoms with Gasteiger partial charge in [0.2, 0.25) is 0 Å². The summed E-state index contributed by atoms with van der Waals surface area (Å²) in [6.45, 7) is 1.84. The lowest BCUT2D eigenvalue weighted by Gasteiger charge is -2.19. The van der Waals surface area contributed by atoms with Gasteiger partial charge >= 0.3 is 5.97 Å². The minimum atomic E-state index is -0.845. The first-order valence-corrected chi connectivity index (χ1v) is 6.49. The molecule has 0 amide bonds. The Bertz CT molecular complexity index is 506. The van der Waals surface area contributed by atoms with E-state index < -0.39 is 11.4 Å². The fourth-order valence-corrected chi connectivity index (χ4v) is 2.76. The summed E-state index contributed by atoms with van der Waals surface area (Å²) >= 11 is 3.42. The molecule has 1 aromatic carbocycles. The lowest BCUT2D eigenvalue weighted by Crippen LogP contribution is -2.13. The molecule has 1 aromatic rings. The molecule has 0 heterocycles. The van der Waals surface area contributed by atoms with Crippen molar-refractivity contribution in [3.8, 4) is 11.5 Å². The van der Waals surface area contributed by atoms with E-state index in [-0.39, 0.29) is 12.2 Å². The SMILES string of the molecule is COc1c(C)c(Br)cc(C2(CC(=O)O)CC2)c1O. The number of ether oxygens (including phenoxy) is 1. The number of halogens is 1. The molecule has 2 N–H and O–H groups in total. The highest BCUT2D eigenvalue weighted by Gasteiger charge is 2.48. The van der Waals surface area contributed by atoms with E-state index in [1.807, 2.05) is 13.0 Å². The van der Waals surface area contributed by atoms with Gasteiger partial charge in [0.15, 0.2) is 11.5 Å². The number of methoxy groups -OCH3 is 1. The molecular formula is C13H15BrO4. The summed E-state index contributed by atoms with van der Waals surface area (Å²) in [6.07, 6.45) is 1.61. The first kappa shape index (κ1) is 13.2. The maximum atomic E-state index is 10.9. The minimum absolute atomic E-state index is 0.0409. The summed E-state index contributed by atoms with van der Waals surface area (Å²) in [5.74, 6) is -0.365. The number of benzene rings is 1. The van der Waals surface area contributed by atoms with Gasteiger partial charge in [-0.2, -0.15) is 0 Å². The minimum Gasteiger partial charge on any atom is -0.504 e. The van der Waals surface area contributed by atoms with Gasteiger partial charge in [-0.05, 0) is 25.8 Å². The van der Waals surface area contributed by atoms with Gasteiger partial charge in [-0.15, -0.1) is 0 Å². The number of aromatic hydroxyl groups is 1. The van der Waals surface area contributed by atoms with Crippen molar-refractivity contribution in [1.82, 2.24) is 0 Å². The van der Waals surface area contributed by atoms with Crippen LogP contribution in [-0.2, 0) is 10.2 Å². The van der Waals surface area contributed by atoms with Crippen LogP contribution in [0, 0.1) is 6.92 Å². The Balaban J connectivity index is 2.52. The maximum absolute atomic E-state index is 10.9. The van der Waals surface area contributed by atoms with Gasteiger partial charge in [0.25, 0.3) is 0 Å². The van der Waals surface area contributed by atoms with Crippen molar-refractivity contribution < 1.29 is 19.7 Å². The zero-order valence-corrected chi connectivity index (χ0v) is 11.9. The largest absolute Gasteiger partial charge is 0.504 e. The first-order valence-electron chi connectivity index (χ1n) is 5.69. The van der Waals surface area contributed by atoms with E-state index in [0.717, 1.165) is 22.9 Å². The molecule has 0 aliphatic heterocycles. The van der Waals surface area contributed by atoms with E-state index in [1.54, 1.807) is 0 Å². The average molecular weight is 315 g/mol. The topological polar surface area (TPSA) is 66.8 Å². The molecule has 0 unspecified atom stereocenters. The van der Waals surface area contributed by atoms with Crippen molar-refractivity contribution in [2.75, 3.05) is 7.11 Å². The van der Waals surface area contributed by atoms with Crippen LogP contribution >= 0.6 is 15.9 Å². The van der Waals surface area contributed by atoms with Crippen LogP contribution in [0.5, 0.6) is 11.5 Å². The van der Waals surface area contributed by atoms with Crippen molar-refractivity contribution in [1.29, 1.82) is 0 Å². The molecule has 98 valence electrons. The molecule has 1 saturated carbocycles. The summed E-state index contributed by atoms with van der Waals surface area (Å²) in [5, 5.41) is 19.2. The van der Waals surface area contributed by atoms with Crippen LogP contribution in [-0.4, -0.2) is 23.3 Å². The average Bonchev–Trinajstić information content (AvgIpc) is 3.04. The predicted octanol–water partition coefficient (Wildman–Crippen LogP) is 2.98. The summed E-state index contributed by atoms with van der Waals surface area (Å²) < 4.78 is 6.02. The molecule has 2 rings (SSSR count). The van der Waals surface area contributed by atoms with Crippen molar-refractivity contribution in [3.63, 3.8) is 0 Å². The Hall–Kier alpha value is -1.23. The molecule has 18 heavy (non-hydrogen) atoms. The van der Waals surface area contributed by atoms with Gasteiger partial charge in [0, 0.05) is 21.0 Å². The van der Waals surface area contributed by atoms with Crippen LogP contribution in [0.1, 0.15) is 30.4 Å². The lowest BCUT2D eigenvalue weighted by atomic mass is 9.90. The van der Waals surface area contributed by atoms with Crippen LogP contribution in [0.3, 0.4) is 0 Å². The highest BCUT2D eigenvalue weighted by atomic mass is 79.9. The van der Waals surface area contributed by atoms with E-state index in [2.05, 4.69) is 15.9 Å². The van der Waals surface area contributed by atoms with Gasteiger partial charge in [-0.25, -0.2) is 0 Å². The molecule has 0 radical (unpaired) electrons. The van der Waals surface area contributed by atoms with Crippen molar-refractivity contribution in [3.05, 3.63) is 21.7 Å². The Morgan fingerprint density at radius 1 is 1.56 bits per heavy atom. The van der Waals surface area contributed by atoms with Crippen LogP contribution in [0.2, 0.25) is 0 Å². The first-order chi connectivity index (χ1) is 8.41. The fourth-order valence-electron chi connectivity index (χ4n) is 2.35. The monoisotopic (exact) mass is 314 g/mol. The number of rotatable bonds is 4. The molecule has 0 aromatic heterocycles. The third kappa shape index (κ3) is 2.07. The Labute approximate surface area is 114 Å². The normalized spacial score (nSPS) is 16.4. The van der Waals surface area contributed by atoms with E-state index in [9.17, 15) is 9.90 Å².